The molecule has 0 unspecified atom stereocenters. The Hall–Kier alpha value is -2.23. The van der Waals surface area contributed by atoms with Gasteiger partial charge in [-0.25, -0.2) is 0 Å². The van der Waals surface area contributed by atoms with Crippen LogP contribution in [0.4, 0.5) is 0 Å². The smallest absolute Gasteiger partial charge is 0.246 e. The lowest BCUT2D eigenvalue weighted by Crippen LogP contribution is -1.97. The molecule has 144 valence electrons. The van der Waals surface area contributed by atoms with E-state index in [-0.39, 0.29) is 10.6 Å². The second kappa shape index (κ2) is 19.1. The van der Waals surface area contributed by atoms with Crippen LogP contribution in [0.25, 0.3) is 0 Å². The Morgan fingerprint density at radius 3 is 2.08 bits per heavy atom. The van der Waals surface area contributed by atoms with Crippen LogP contribution < -0.4 is 0 Å². The van der Waals surface area contributed by atoms with Gasteiger partial charge in [-0.3, -0.25) is 10.1 Å². The predicted octanol–water partition coefficient (Wildman–Crippen LogP) is 6.49. The summed E-state index contributed by atoms with van der Waals surface area (Å²) in [7, 11) is 0. The summed E-state index contributed by atoms with van der Waals surface area (Å²) in [6.45, 7) is 2.17. The van der Waals surface area contributed by atoms with E-state index < -0.39 is 0 Å². The van der Waals surface area contributed by atoms with Crippen molar-refractivity contribution in [2.75, 3.05) is 0 Å². The fourth-order valence-electron chi connectivity index (χ4n) is 2.19. The molecule has 0 aliphatic carbocycles. The van der Waals surface area contributed by atoms with Gasteiger partial charge in [0.15, 0.2) is 0 Å². The van der Waals surface area contributed by atoms with E-state index in [1.54, 1.807) is 6.08 Å². The predicted molar refractivity (Wildman–Crippen MR) is 110 cm³/mol. The quantitative estimate of drug-likeness (QED) is 0.104. The van der Waals surface area contributed by atoms with Gasteiger partial charge in [0.25, 0.3) is 0 Å². The number of aldehydes is 1. The van der Waals surface area contributed by atoms with Crippen molar-refractivity contribution in [3.63, 3.8) is 0 Å². The molecule has 26 heavy (non-hydrogen) atoms. The molecule has 0 spiro atoms. The summed E-state index contributed by atoms with van der Waals surface area (Å²) in [5.74, 6) is 0. The van der Waals surface area contributed by atoms with Crippen LogP contribution >= 0.6 is 0 Å². The van der Waals surface area contributed by atoms with Gasteiger partial charge in [-0.15, -0.1) is 0 Å². The van der Waals surface area contributed by atoms with E-state index in [1.807, 2.05) is 36.5 Å². The standard InChI is InChI=1S/C22H33NO3/c1-2-3-4-5-10-13-16-19-22(23(25)26)20-17-14-11-8-6-7-9-12-15-18-21-24/h6,8-10,12-14,17,19,21H,2-5,7,11,15-16,18,20H2,1H3. The third kappa shape index (κ3) is 16.6. The molecule has 0 saturated heterocycles. The van der Waals surface area contributed by atoms with Crippen molar-refractivity contribution in [1.82, 2.24) is 0 Å². The van der Waals surface area contributed by atoms with Crippen molar-refractivity contribution < 1.29 is 9.72 Å². The summed E-state index contributed by atoms with van der Waals surface area (Å²) in [5.41, 5.74) is 0.251. The first-order valence-corrected chi connectivity index (χ1v) is 9.59. The van der Waals surface area contributed by atoms with Gasteiger partial charge in [0.1, 0.15) is 6.29 Å². The molecule has 0 N–H and O–H groups in total. The molecule has 4 heteroatoms. The highest BCUT2D eigenvalue weighted by Gasteiger charge is 2.06. The Bertz CT molecular complexity index is 513. The summed E-state index contributed by atoms with van der Waals surface area (Å²) < 4.78 is 0. The number of nitrogens with zero attached hydrogens (tertiary/aromatic N) is 1. The molecule has 0 radical (unpaired) electrons. The lowest BCUT2D eigenvalue weighted by atomic mass is 10.2. The molecular weight excluding hydrogens is 326 g/mol. The van der Waals surface area contributed by atoms with Crippen molar-refractivity contribution in [2.45, 2.75) is 71.1 Å². The average Bonchev–Trinajstić information content (AvgIpc) is 2.63. The Kier molecular flexibility index (Phi) is 17.5. The Labute approximate surface area is 158 Å². The van der Waals surface area contributed by atoms with E-state index in [2.05, 4.69) is 19.1 Å². The lowest BCUT2D eigenvalue weighted by Gasteiger charge is -1.94. The monoisotopic (exact) mass is 359 g/mol. The van der Waals surface area contributed by atoms with Crippen molar-refractivity contribution in [3.8, 4) is 0 Å². The van der Waals surface area contributed by atoms with Crippen LogP contribution in [0.15, 0.2) is 60.4 Å². The van der Waals surface area contributed by atoms with E-state index in [4.69, 9.17) is 0 Å². The molecule has 0 saturated carbocycles. The zero-order chi connectivity index (χ0) is 19.3. The van der Waals surface area contributed by atoms with E-state index in [1.165, 1.54) is 19.3 Å². The molecule has 0 heterocycles. The van der Waals surface area contributed by atoms with Crippen LogP contribution in [0.3, 0.4) is 0 Å². The van der Waals surface area contributed by atoms with Crippen LogP contribution in [-0.2, 0) is 4.79 Å². The molecule has 0 aromatic carbocycles. The Balaban J connectivity index is 4.02. The number of hydrogen-bond donors (Lipinski definition) is 0. The van der Waals surface area contributed by atoms with Gasteiger partial charge in [-0.2, -0.15) is 0 Å². The molecule has 0 rings (SSSR count). The summed E-state index contributed by atoms with van der Waals surface area (Å²) in [6, 6.07) is 0. The normalized spacial score (nSPS) is 12.9. The van der Waals surface area contributed by atoms with E-state index in [0.29, 0.717) is 19.3 Å². The van der Waals surface area contributed by atoms with Gasteiger partial charge < -0.3 is 4.79 Å². The summed E-state index contributed by atoms with van der Waals surface area (Å²) in [6.07, 6.45) is 27.3. The van der Waals surface area contributed by atoms with E-state index in [0.717, 1.165) is 32.0 Å². The summed E-state index contributed by atoms with van der Waals surface area (Å²) in [4.78, 5) is 20.9. The number of rotatable bonds is 16. The van der Waals surface area contributed by atoms with Crippen LogP contribution in [0, 0.1) is 10.1 Å². The third-order valence-corrected chi connectivity index (χ3v) is 3.69. The maximum absolute atomic E-state index is 11.1. The van der Waals surface area contributed by atoms with Gasteiger partial charge in [-0.05, 0) is 44.6 Å². The fourth-order valence-corrected chi connectivity index (χ4v) is 2.19. The maximum Gasteiger partial charge on any atom is 0.246 e. The third-order valence-electron chi connectivity index (χ3n) is 3.69. The second-order valence-electron chi connectivity index (χ2n) is 5.99. The van der Waals surface area contributed by atoms with Gasteiger partial charge in [0.05, 0.1) is 11.3 Å². The Morgan fingerprint density at radius 1 is 0.808 bits per heavy atom. The molecule has 0 aliphatic heterocycles. The summed E-state index contributed by atoms with van der Waals surface area (Å²) >= 11 is 0. The molecular formula is C22H33NO3. The first kappa shape index (κ1) is 23.8. The van der Waals surface area contributed by atoms with Gasteiger partial charge in [0, 0.05) is 6.42 Å². The largest absolute Gasteiger partial charge is 0.303 e. The number of allylic oxidation sites excluding steroid dienone is 9. The first-order chi connectivity index (χ1) is 12.7. The molecule has 4 nitrogen and oxygen atoms in total. The molecule has 0 fully saturated rings. The zero-order valence-electron chi connectivity index (χ0n) is 16.0. The van der Waals surface area contributed by atoms with Crippen LogP contribution in [0.1, 0.15) is 71.1 Å². The molecule has 0 aliphatic rings. The van der Waals surface area contributed by atoms with Gasteiger partial charge in [-0.1, -0.05) is 68.4 Å². The number of unbranched alkanes of at least 4 members (excludes halogenated alkanes) is 4. The number of nitro groups is 1. The van der Waals surface area contributed by atoms with Crippen molar-refractivity contribution in [3.05, 3.63) is 70.5 Å². The Morgan fingerprint density at radius 2 is 1.42 bits per heavy atom. The van der Waals surface area contributed by atoms with Crippen LogP contribution in [0.5, 0.6) is 0 Å². The molecule has 0 amide bonds. The SMILES string of the molecule is CCCCCC=CCC=C(CC=CCC=CCC=CCCC=O)[N+](=O)[O-]. The van der Waals surface area contributed by atoms with Gasteiger partial charge in [0.2, 0.25) is 5.70 Å². The minimum atomic E-state index is -0.296. The van der Waals surface area contributed by atoms with Crippen LogP contribution in [0.2, 0.25) is 0 Å². The number of carbonyl (C=O) groups excluding carboxylic acids is 1. The fraction of sp³-hybridized carbons (Fsp3) is 0.500. The minimum Gasteiger partial charge on any atom is -0.303 e. The van der Waals surface area contributed by atoms with Crippen molar-refractivity contribution in [2.24, 2.45) is 0 Å². The molecule has 0 bridgehead atoms. The van der Waals surface area contributed by atoms with E-state index >= 15 is 0 Å². The topological polar surface area (TPSA) is 60.2 Å². The highest BCUT2D eigenvalue weighted by atomic mass is 16.6. The van der Waals surface area contributed by atoms with Crippen LogP contribution in [-0.4, -0.2) is 11.2 Å². The highest BCUT2D eigenvalue weighted by Crippen LogP contribution is 2.07. The second-order valence-corrected chi connectivity index (χ2v) is 5.99. The average molecular weight is 360 g/mol. The minimum absolute atomic E-state index is 0.251. The number of carbonyl (C=O) groups is 1. The zero-order valence-corrected chi connectivity index (χ0v) is 16.0. The summed E-state index contributed by atoms with van der Waals surface area (Å²) in [5, 5.41) is 11.1. The van der Waals surface area contributed by atoms with Crippen molar-refractivity contribution in [1.29, 1.82) is 0 Å². The lowest BCUT2D eigenvalue weighted by molar-refractivity contribution is -0.427. The van der Waals surface area contributed by atoms with E-state index in [9.17, 15) is 14.9 Å². The maximum atomic E-state index is 11.1. The molecule has 0 atom stereocenters. The highest BCUT2D eigenvalue weighted by molar-refractivity contribution is 5.49. The van der Waals surface area contributed by atoms with Gasteiger partial charge >= 0.3 is 0 Å². The molecule has 0 aromatic heterocycles. The molecule has 0 aromatic rings. The first-order valence-electron chi connectivity index (χ1n) is 9.59. The van der Waals surface area contributed by atoms with Crippen molar-refractivity contribution >= 4 is 6.29 Å². The number of hydrogen-bond acceptors (Lipinski definition) is 3.